The summed E-state index contributed by atoms with van der Waals surface area (Å²) in [7, 11) is 1.56. The van der Waals surface area contributed by atoms with E-state index >= 15 is 0 Å². The number of methoxy groups -OCH3 is 1. The number of aryl methyl sites for hydroxylation is 2. The largest absolute Gasteiger partial charge is 0.496 e. The second-order valence-corrected chi connectivity index (χ2v) is 8.30. The number of aliphatic hydroxyl groups excluding tert-OH is 1. The molecule has 2 amide bonds. The van der Waals surface area contributed by atoms with Crippen LogP contribution < -0.4 is 9.64 Å². The standard InChI is InChI=1S/C25H28N2O4/c1-16-10-11-20(17(2)13-16)27-24(29)22(19-8-4-5-9-21(19)31-3)23(25(27)30)26-12-6-7-18(14-26)15-28/h4-5,8-11,13,18,28H,6-7,12,14-15H2,1-3H3. The predicted octanol–water partition coefficient (Wildman–Crippen LogP) is 3.30. The van der Waals surface area contributed by atoms with Crippen molar-refractivity contribution < 1.29 is 19.4 Å². The molecule has 2 heterocycles. The molecule has 4 rings (SSSR count). The normalized spacial score (nSPS) is 19.4. The summed E-state index contributed by atoms with van der Waals surface area (Å²) in [4.78, 5) is 30.7. The number of imide groups is 1. The Balaban J connectivity index is 1.87. The molecule has 6 heteroatoms. The number of carbonyl (C=O) groups excluding carboxylic acids is 2. The first-order chi connectivity index (χ1) is 15.0. The van der Waals surface area contributed by atoms with Crippen LogP contribution in [0.15, 0.2) is 48.2 Å². The summed E-state index contributed by atoms with van der Waals surface area (Å²) >= 11 is 0. The second kappa shape index (κ2) is 8.55. The van der Waals surface area contributed by atoms with E-state index in [1.54, 1.807) is 13.2 Å². The van der Waals surface area contributed by atoms with Gasteiger partial charge in [-0.15, -0.1) is 0 Å². The van der Waals surface area contributed by atoms with E-state index in [0.717, 1.165) is 24.0 Å². The van der Waals surface area contributed by atoms with Gasteiger partial charge in [0.2, 0.25) is 0 Å². The first-order valence-corrected chi connectivity index (χ1v) is 10.7. The lowest BCUT2D eigenvalue weighted by Crippen LogP contribution is -2.40. The molecule has 1 N–H and O–H groups in total. The maximum atomic E-state index is 13.7. The van der Waals surface area contributed by atoms with Crippen LogP contribution in [0.25, 0.3) is 5.57 Å². The van der Waals surface area contributed by atoms with Gasteiger partial charge in [-0.3, -0.25) is 9.59 Å². The van der Waals surface area contributed by atoms with E-state index in [1.807, 2.05) is 55.1 Å². The van der Waals surface area contributed by atoms with Crippen LogP contribution in [-0.2, 0) is 9.59 Å². The SMILES string of the molecule is COc1ccccc1C1=C(N2CCCC(CO)C2)C(=O)N(c2ccc(C)cc2C)C1=O. The highest BCUT2D eigenvalue weighted by atomic mass is 16.5. The number of nitrogens with zero attached hydrogens (tertiary/aromatic N) is 2. The lowest BCUT2D eigenvalue weighted by Gasteiger charge is -2.34. The maximum absolute atomic E-state index is 13.7. The summed E-state index contributed by atoms with van der Waals surface area (Å²) < 4.78 is 5.52. The molecule has 0 saturated carbocycles. The van der Waals surface area contributed by atoms with Crippen LogP contribution in [0, 0.1) is 19.8 Å². The number of piperidine rings is 1. The molecule has 2 aromatic rings. The molecule has 1 fully saturated rings. The van der Waals surface area contributed by atoms with Crippen LogP contribution >= 0.6 is 0 Å². The second-order valence-electron chi connectivity index (χ2n) is 8.30. The number of anilines is 1. The number of carbonyl (C=O) groups is 2. The molecule has 0 radical (unpaired) electrons. The Morgan fingerprint density at radius 2 is 1.87 bits per heavy atom. The van der Waals surface area contributed by atoms with Gasteiger partial charge in [0.05, 0.1) is 18.4 Å². The van der Waals surface area contributed by atoms with Gasteiger partial charge >= 0.3 is 0 Å². The van der Waals surface area contributed by atoms with E-state index in [2.05, 4.69) is 0 Å². The Morgan fingerprint density at radius 1 is 1.10 bits per heavy atom. The Bertz CT molecular complexity index is 1060. The number of amides is 2. The minimum Gasteiger partial charge on any atom is -0.496 e. The van der Waals surface area contributed by atoms with Gasteiger partial charge in [-0.05, 0) is 50.3 Å². The monoisotopic (exact) mass is 420 g/mol. The van der Waals surface area contributed by atoms with Gasteiger partial charge in [-0.1, -0.05) is 35.9 Å². The van der Waals surface area contributed by atoms with Crippen molar-refractivity contribution in [2.45, 2.75) is 26.7 Å². The van der Waals surface area contributed by atoms with Gasteiger partial charge in [0.15, 0.2) is 0 Å². The third-order valence-corrected chi connectivity index (χ3v) is 6.12. The third kappa shape index (κ3) is 3.72. The van der Waals surface area contributed by atoms with Crippen LogP contribution in [0.5, 0.6) is 5.75 Å². The van der Waals surface area contributed by atoms with Gasteiger partial charge in [0.1, 0.15) is 11.4 Å². The number of ether oxygens (including phenoxy) is 1. The first-order valence-electron chi connectivity index (χ1n) is 10.7. The average molecular weight is 421 g/mol. The maximum Gasteiger partial charge on any atom is 0.282 e. The lowest BCUT2D eigenvalue weighted by molar-refractivity contribution is -0.120. The molecule has 1 atom stereocenters. The molecule has 0 bridgehead atoms. The zero-order valence-corrected chi connectivity index (χ0v) is 18.2. The minimum absolute atomic E-state index is 0.0662. The average Bonchev–Trinajstić information content (AvgIpc) is 3.04. The number of rotatable bonds is 5. The number of hydrogen-bond acceptors (Lipinski definition) is 5. The first kappa shape index (κ1) is 21.1. The Morgan fingerprint density at radius 3 is 2.58 bits per heavy atom. The summed E-state index contributed by atoms with van der Waals surface area (Å²) in [5, 5.41) is 9.70. The summed E-state index contributed by atoms with van der Waals surface area (Å²) in [5.41, 5.74) is 3.90. The minimum atomic E-state index is -0.345. The quantitative estimate of drug-likeness (QED) is 0.752. The van der Waals surface area contributed by atoms with Crippen molar-refractivity contribution >= 4 is 23.1 Å². The highest BCUT2D eigenvalue weighted by molar-refractivity contribution is 6.45. The van der Waals surface area contributed by atoms with E-state index < -0.39 is 0 Å². The Kier molecular flexibility index (Phi) is 5.83. The predicted molar refractivity (Wildman–Crippen MR) is 120 cm³/mol. The Hall–Kier alpha value is -3.12. The molecule has 0 spiro atoms. The Labute approximate surface area is 182 Å². The number of benzene rings is 2. The molecule has 2 aromatic carbocycles. The number of aliphatic hydroxyl groups is 1. The van der Waals surface area contributed by atoms with E-state index in [-0.39, 0.29) is 24.3 Å². The van der Waals surface area contributed by atoms with Gasteiger partial charge in [0.25, 0.3) is 11.8 Å². The smallest absolute Gasteiger partial charge is 0.282 e. The van der Waals surface area contributed by atoms with Gasteiger partial charge in [0, 0.05) is 25.3 Å². The molecule has 6 nitrogen and oxygen atoms in total. The van der Waals surface area contributed by atoms with Crippen LogP contribution in [0.2, 0.25) is 0 Å². The van der Waals surface area contributed by atoms with E-state index in [1.165, 1.54) is 4.90 Å². The zero-order valence-electron chi connectivity index (χ0n) is 18.2. The van der Waals surface area contributed by atoms with Crippen LogP contribution in [0.1, 0.15) is 29.5 Å². The topological polar surface area (TPSA) is 70.1 Å². The van der Waals surface area contributed by atoms with Crippen molar-refractivity contribution in [2.75, 3.05) is 31.7 Å². The summed E-state index contributed by atoms with van der Waals surface area (Å²) in [6.07, 6.45) is 1.77. The third-order valence-electron chi connectivity index (χ3n) is 6.12. The molecule has 162 valence electrons. The van der Waals surface area contributed by atoms with Gasteiger partial charge < -0.3 is 14.7 Å². The summed E-state index contributed by atoms with van der Waals surface area (Å²) in [6, 6.07) is 13.0. The van der Waals surface area contributed by atoms with Crippen LogP contribution in [0.4, 0.5) is 5.69 Å². The van der Waals surface area contributed by atoms with Crippen molar-refractivity contribution in [2.24, 2.45) is 5.92 Å². The van der Waals surface area contributed by atoms with E-state index in [0.29, 0.717) is 41.4 Å². The molecule has 0 aromatic heterocycles. The zero-order chi connectivity index (χ0) is 22.1. The molecular weight excluding hydrogens is 392 g/mol. The number of hydrogen-bond donors (Lipinski definition) is 1. The molecule has 1 unspecified atom stereocenters. The highest BCUT2D eigenvalue weighted by Gasteiger charge is 2.44. The van der Waals surface area contributed by atoms with Crippen LogP contribution in [-0.4, -0.2) is 48.6 Å². The van der Waals surface area contributed by atoms with Gasteiger partial charge in [-0.2, -0.15) is 0 Å². The molecular formula is C25H28N2O4. The molecule has 2 aliphatic heterocycles. The van der Waals surface area contributed by atoms with Gasteiger partial charge in [-0.25, -0.2) is 4.90 Å². The van der Waals surface area contributed by atoms with Crippen molar-refractivity contribution in [3.63, 3.8) is 0 Å². The van der Waals surface area contributed by atoms with Crippen molar-refractivity contribution in [3.8, 4) is 5.75 Å². The molecule has 31 heavy (non-hydrogen) atoms. The van der Waals surface area contributed by atoms with Crippen molar-refractivity contribution in [3.05, 3.63) is 64.9 Å². The van der Waals surface area contributed by atoms with E-state index in [9.17, 15) is 14.7 Å². The lowest BCUT2D eigenvalue weighted by atomic mass is 9.96. The molecule has 1 saturated heterocycles. The van der Waals surface area contributed by atoms with E-state index in [4.69, 9.17) is 4.74 Å². The molecule has 2 aliphatic rings. The fourth-order valence-corrected chi connectivity index (χ4v) is 4.60. The molecule has 0 aliphatic carbocycles. The van der Waals surface area contributed by atoms with Crippen LogP contribution in [0.3, 0.4) is 0 Å². The summed E-state index contributed by atoms with van der Waals surface area (Å²) in [5.74, 6) is -0.0356. The number of para-hydroxylation sites is 1. The van der Waals surface area contributed by atoms with Crippen molar-refractivity contribution in [1.29, 1.82) is 0 Å². The fraction of sp³-hybridized carbons (Fsp3) is 0.360. The number of likely N-dealkylation sites (tertiary alicyclic amines) is 1. The summed E-state index contributed by atoms with van der Waals surface area (Å²) in [6.45, 7) is 5.18. The highest BCUT2D eigenvalue weighted by Crippen LogP contribution is 2.40. The fourth-order valence-electron chi connectivity index (χ4n) is 4.60. The van der Waals surface area contributed by atoms with Crippen molar-refractivity contribution in [1.82, 2.24) is 4.90 Å².